The number of hydrogen-bond donors (Lipinski definition) is 1. The quantitative estimate of drug-likeness (QED) is 0.263. The highest BCUT2D eigenvalue weighted by Gasteiger charge is 2.34. The molecular weight excluding hydrogens is 508 g/mol. The molecule has 0 saturated heterocycles. The third-order valence-corrected chi connectivity index (χ3v) is 7.63. The number of H-pyrrole nitrogens is 1. The van der Waals surface area contributed by atoms with Crippen molar-refractivity contribution in [1.29, 1.82) is 0 Å². The molecule has 0 bridgehead atoms. The first-order chi connectivity index (χ1) is 19.6. The minimum absolute atomic E-state index is 0.189. The summed E-state index contributed by atoms with van der Waals surface area (Å²) >= 11 is 0. The molecule has 0 aliphatic heterocycles. The predicted molar refractivity (Wildman–Crippen MR) is 149 cm³/mol. The van der Waals surface area contributed by atoms with Crippen molar-refractivity contribution in [3.05, 3.63) is 100.0 Å². The zero-order chi connectivity index (χ0) is 27.5. The van der Waals surface area contributed by atoms with Gasteiger partial charge in [0, 0.05) is 23.0 Å². The van der Waals surface area contributed by atoms with Crippen LogP contribution in [0.25, 0.3) is 10.9 Å². The van der Waals surface area contributed by atoms with Crippen LogP contribution < -0.4 is 15.0 Å². The molecule has 1 N–H and O–H groups in total. The number of ether oxygens (including phenoxy) is 2. The first kappa shape index (κ1) is 25.8. The molecule has 10 nitrogen and oxygen atoms in total. The SMILES string of the molecule is COc1cccc(CN(Cc2ccco2)[C@H](c2cc3cc(OC)ccc3[nH]c2=O)c2nnnn2C2CCCC2)c1. The molecule has 6 rings (SSSR count). The summed E-state index contributed by atoms with van der Waals surface area (Å²) in [6.45, 7) is 0.928. The molecule has 2 aromatic carbocycles. The van der Waals surface area contributed by atoms with E-state index in [0.717, 1.165) is 53.7 Å². The van der Waals surface area contributed by atoms with E-state index in [4.69, 9.17) is 13.9 Å². The number of nitrogens with zero attached hydrogens (tertiary/aromatic N) is 5. The van der Waals surface area contributed by atoms with Gasteiger partial charge in [-0.25, -0.2) is 4.68 Å². The average molecular weight is 541 g/mol. The van der Waals surface area contributed by atoms with Gasteiger partial charge in [-0.05, 0) is 77.4 Å². The molecular formula is C30H32N6O4. The molecule has 3 aromatic heterocycles. The fourth-order valence-corrected chi connectivity index (χ4v) is 5.67. The van der Waals surface area contributed by atoms with Gasteiger partial charge in [0.25, 0.3) is 5.56 Å². The molecule has 0 amide bonds. The van der Waals surface area contributed by atoms with E-state index in [-0.39, 0.29) is 11.6 Å². The number of aromatic amines is 1. The number of nitrogens with one attached hydrogen (secondary N) is 1. The molecule has 1 atom stereocenters. The highest BCUT2D eigenvalue weighted by atomic mass is 16.5. The Kier molecular flexibility index (Phi) is 7.33. The second-order valence-electron chi connectivity index (χ2n) is 10.2. The highest BCUT2D eigenvalue weighted by molar-refractivity contribution is 5.80. The molecule has 1 fully saturated rings. The number of benzene rings is 2. The monoisotopic (exact) mass is 540 g/mol. The van der Waals surface area contributed by atoms with Crippen LogP contribution in [0.5, 0.6) is 11.5 Å². The van der Waals surface area contributed by atoms with E-state index in [1.54, 1.807) is 20.5 Å². The van der Waals surface area contributed by atoms with Crippen molar-refractivity contribution in [1.82, 2.24) is 30.1 Å². The van der Waals surface area contributed by atoms with E-state index < -0.39 is 6.04 Å². The fraction of sp³-hybridized carbons (Fsp3) is 0.333. The van der Waals surface area contributed by atoms with Crippen LogP contribution >= 0.6 is 0 Å². The van der Waals surface area contributed by atoms with E-state index in [9.17, 15) is 4.79 Å². The van der Waals surface area contributed by atoms with Crippen molar-refractivity contribution in [2.75, 3.05) is 14.2 Å². The summed E-state index contributed by atoms with van der Waals surface area (Å²) in [5.74, 6) is 2.88. The van der Waals surface area contributed by atoms with Crippen molar-refractivity contribution < 1.29 is 13.9 Å². The molecule has 206 valence electrons. The van der Waals surface area contributed by atoms with Crippen molar-refractivity contribution in [2.24, 2.45) is 0 Å². The van der Waals surface area contributed by atoms with Gasteiger partial charge in [-0.3, -0.25) is 9.69 Å². The predicted octanol–water partition coefficient (Wildman–Crippen LogP) is 5.03. The summed E-state index contributed by atoms with van der Waals surface area (Å²) in [5, 5.41) is 13.9. The van der Waals surface area contributed by atoms with E-state index in [2.05, 4.69) is 25.4 Å². The molecule has 3 heterocycles. The van der Waals surface area contributed by atoms with Crippen LogP contribution in [0.15, 0.2) is 76.1 Å². The van der Waals surface area contributed by atoms with E-state index in [1.807, 2.05) is 65.3 Å². The third-order valence-electron chi connectivity index (χ3n) is 7.63. The Morgan fingerprint density at radius 2 is 1.85 bits per heavy atom. The van der Waals surface area contributed by atoms with Crippen molar-refractivity contribution in [3.8, 4) is 11.5 Å². The molecule has 1 aliphatic carbocycles. The van der Waals surface area contributed by atoms with Crippen LogP contribution in [-0.4, -0.2) is 44.3 Å². The van der Waals surface area contributed by atoms with Gasteiger partial charge < -0.3 is 18.9 Å². The van der Waals surface area contributed by atoms with Gasteiger partial charge in [-0.2, -0.15) is 0 Å². The first-order valence-electron chi connectivity index (χ1n) is 13.5. The van der Waals surface area contributed by atoms with Crippen LogP contribution in [-0.2, 0) is 13.1 Å². The van der Waals surface area contributed by atoms with Gasteiger partial charge in [0.05, 0.1) is 33.1 Å². The van der Waals surface area contributed by atoms with Gasteiger partial charge >= 0.3 is 0 Å². The lowest BCUT2D eigenvalue weighted by atomic mass is 10.0. The number of aromatic nitrogens is 5. The standard InChI is InChI=1S/C30H32N6O4/c1-38-23-10-5-7-20(15-23)18-35(19-25-11-6-14-40-25)28(29-32-33-34-36(29)22-8-3-4-9-22)26-17-21-16-24(39-2)12-13-27(21)31-30(26)37/h5-7,10-17,22,28H,3-4,8-9,18-19H2,1-2H3,(H,31,37)/t28-/m1/s1. The minimum Gasteiger partial charge on any atom is -0.497 e. The maximum Gasteiger partial charge on any atom is 0.253 e. The molecule has 1 saturated carbocycles. The number of furan rings is 1. The fourth-order valence-electron chi connectivity index (χ4n) is 5.67. The number of hydrogen-bond acceptors (Lipinski definition) is 8. The molecule has 0 unspecified atom stereocenters. The maximum absolute atomic E-state index is 13.8. The summed E-state index contributed by atoms with van der Waals surface area (Å²) < 4.78 is 18.7. The van der Waals surface area contributed by atoms with Gasteiger partial charge in [-0.15, -0.1) is 5.10 Å². The van der Waals surface area contributed by atoms with Crippen LogP contribution in [0.4, 0.5) is 0 Å². The van der Waals surface area contributed by atoms with E-state index >= 15 is 0 Å². The number of rotatable bonds is 10. The molecule has 0 radical (unpaired) electrons. The second-order valence-corrected chi connectivity index (χ2v) is 10.2. The molecule has 1 aliphatic rings. The van der Waals surface area contributed by atoms with Crippen molar-refractivity contribution in [2.45, 2.75) is 50.9 Å². The van der Waals surface area contributed by atoms with Gasteiger partial charge in [0.2, 0.25) is 0 Å². The van der Waals surface area contributed by atoms with Crippen molar-refractivity contribution in [3.63, 3.8) is 0 Å². The summed E-state index contributed by atoms with van der Waals surface area (Å²) in [4.78, 5) is 19.0. The van der Waals surface area contributed by atoms with Crippen LogP contribution in [0.3, 0.4) is 0 Å². The van der Waals surface area contributed by atoms with Crippen molar-refractivity contribution >= 4 is 10.9 Å². The van der Waals surface area contributed by atoms with E-state index in [1.165, 1.54) is 0 Å². The Morgan fingerprint density at radius 1 is 1.02 bits per heavy atom. The smallest absolute Gasteiger partial charge is 0.253 e. The zero-order valence-electron chi connectivity index (χ0n) is 22.6. The largest absolute Gasteiger partial charge is 0.497 e. The summed E-state index contributed by atoms with van der Waals surface area (Å²) in [6.07, 6.45) is 5.93. The van der Waals surface area contributed by atoms with Gasteiger partial charge in [-0.1, -0.05) is 25.0 Å². The molecule has 5 aromatic rings. The lowest BCUT2D eigenvalue weighted by molar-refractivity contribution is 0.176. The number of pyridine rings is 1. The Balaban J connectivity index is 1.53. The lowest BCUT2D eigenvalue weighted by Gasteiger charge is -2.31. The minimum atomic E-state index is -0.564. The normalized spacial score (nSPS) is 14.7. The maximum atomic E-state index is 13.8. The van der Waals surface area contributed by atoms with Gasteiger partial charge in [0.1, 0.15) is 23.3 Å². The third kappa shape index (κ3) is 5.22. The average Bonchev–Trinajstić information content (AvgIpc) is 3.77. The Bertz CT molecular complexity index is 1640. The summed E-state index contributed by atoms with van der Waals surface area (Å²) in [7, 11) is 3.28. The summed E-state index contributed by atoms with van der Waals surface area (Å²) in [5.41, 5.74) is 2.10. The number of tetrazole rings is 1. The van der Waals surface area contributed by atoms with Crippen LogP contribution in [0, 0.1) is 0 Å². The number of fused-ring (bicyclic) bond motifs is 1. The second kappa shape index (κ2) is 11.4. The number of methoxy groups -OCH3 is 2. The van der Waals surface area contributed by atoms with Crippen LogP contribution in [0.2, 0.25) is 0 Å². The van der Waals surface area contributed by atoms with E-state index in [0.29, 0.717) is 30.2 Å². The van der Waals surface area contributed by atoms with Gasteiger partial charge in [0.15, 0.2) is 5.82 Å². The first-order valence-corrected chi connectivity index (χ1v) is 13.5. The molecule has 0 spiro atoms. The Labute approximate surface area is 231 Å². The molecule has 40 heavy (non-hydrogen) atoms. The highest BCUT2D eigenvalue weighted by Crippen LogP contribution is 2.35. The Hall–Kier alpha value is -4.44. The zero-order valence-corrected chi connectivity index (χ0v) is 22.6. The lowest BCUT2D eigenvalue weighted by Crippen LogP contribution is -2.35. The Morgan fingerprint density at radius 3 is 2.62 bits per heavy atom. The topological polar surface area (TPSA) is 111 Å². The summed E-state index contributed by atoms with van der Waals surface area (Å²) in [6, 6.07) is 18.9. The molecule has 10 heteroatoms. The van der Waals surface area contributed by atoms with Crippen LogP contribution in [0.1, 0.15) is 60.5 Å².